The summed E-state index contributed by atoms with van der Waals surface area (Å²) < 4.78 is 5.50. The number of anilines is 5. The zero-order valence-corrected chi connectivity index (χ0v) is 17.4. The lowest BCUT2D eigenvalue weighted by Gasteiger charge is -2.10. The Bertz CT molecular complexity index is 1170. The number of hydrogen-bond acceptors (Lipinski definition) is 7. The quantitative estimate of drug-likeness (QED) is 0.376. The van der Waals surface area contributed by atoms with Gasteiger partial charge in [-0.2, -0.15) is 0 Å². The number of benzene rings is 2. The number of amides is 1. The van der Waals surface area contributed by atoms with Gasteiger partial charge in [-0.15, -0.1) is 0 Å². The van der Waals surface area contributed by atoms with Crippen LogP contribution in [0.2, 0.25) is 0 Å². The summed E-state index contributed by atoms with van der Waals surface area (Å²) in [5.41, 5.74) is 2.63. The first-order valence-electron chi connectivity index (χ1n) is 10.0. The van der Waals surface area contributed by atoms with E-state index in [1.807, 2.05) is 61.5 Å². The molecule has 0 bridgehead atoms. The van der Waals surface area contributed by atoms with Crippen molar-refractivity contribution in [3.05, 3.63) is 90.9 Å². The molecule has 0 radical (unpaired) electrons. The van der Waals surface area contributed by atoms with Gasteiger partial charge in [0.05, 0.1) is 0 Å². The molecule has 8 nitrogen and oxygen atoms in total. The SMILES string of the molecule is Cc1ccc(OCC(=O)Nc2ccc(Nc3cc(Nc4ccccn4)ncn3)cc2)cc1. The predicted octanol–water partition coefficient (Wildman–Crippen LogP) is 4.68. The van der Waals surface area contributed by atoms with Crippen LogP contribution >= 0.6 is 0 Å². The third kappa shape index (κ3) is 6.02. The lowest BCUT2D eigenvalue weighted by Crippen LogP contribution is -2.20. The van der Waals surface area contributed by atoms with E-state index in [9.17, 15) is 4.79 Å². The van der Waals surface area contributed by atoms with Gasteiger partial charge >= 0.3 is 0 Å². The molecule has 0 saturated heterocycles. The van der Waals surface area contributed by atoms with Crippen LogP contribution in [0, 0.1) is 6.92 Å². The van der Waals surface area contributed by atoms with Crippen LogP contribution in [0.1, 0.15) is 5.56 Å². The summed E-state index contributed by atoms with van der Waals surface area (Å²) in [6, 6.07) is 22.3. The van der Waals surface area contributed by atoms with Crippen molar-refractivity contribution in [1.29, 1.82) is 0 Å². The Hall–Kier alpha value is -4.46. The molecule has 3 N–H and O–H groups in total. The summed E-state index contributed by atoms with van der Waals surface area (Å²) in [6.07, 6.45) is 3.17. The van der Waals surface area contributed by atoms with Crippen LogP contribution in [0.25, 0.3) is 0 Å². The molecule has 2 heterocycles. The fourth-order valence-corrected chi connectivity index (χ4v) is 2.83. The van der Waals surface area contributed by atoms with Crippen molar-refractivity contribution < 1.29 is 9.53 Å². The summed E-state index contributed by atoms with van der Waals surface area (Å²) >= 11 is 0. The minimum absolute atomic E-state index is 0.0595. The van der Waals surface area contributed by atoms with Crippen LogP contribution in [-0.4, -0.2) is 27.5 Å². The van der Waals surface area contributed by atoms with Crippen LogP contribution in [0.15, 0.2) is 85.3 Å². The summed E-state index contributed by atoms with van der Waals surface area (Å²) in [6.45, 7) is 1.94. The molecule has 0 aliphatic heterocycles. The van der Waals surface area contributed by atoms with Crippen molar-refractivity contribution in [3.8, 4) is 5.75 Å². The lowest BCUT2D eigenvalue weighted by molar-refractivity contribution is -0.118. The molecule has 8 heteroatoms. The number of aryl methyl sites for hydroxylation is 1. The Morgan fingerprint density at radius 1 is 0.812 bits per heavy atom. The fraction of sp³-hybridized carbons (Fsp3) is 0.0833. The Morgan fingerprint density at radius 3 is 2.25 bits per heavy atom. The Kier molecular flexibility index (Phi) is 6.52. The first-order valence-corrected chi connectivity index (χ1v) is 10.0. The van der Waals surface area contributed by atoms with Gasteiger partial charge in [0.2, 0.25) is 0 Å². The van der Waals surface area contributed by atoms with E-state index >= 15 is 0 Å². The van der Waals surface area contributed by atoms with E-state index in [1.165, 1.54) is 6.33 Å². The number of nitrogens with one attached hydrogen (secondary N) is 3. The lowest BCUT2D eigenvalue weighted by atomic mass is 10.2. The van der Waals surface area contributed by atoms with Crippen LogP contribution < -0.4 is 20.7 Å². The molecule has 1 amide bonds. The number of nitrogens with zero attached hydrogens (tertiary/aromatic N) is 3. The highest BCUT2D eigenvalue weighted by atomic mass is 16.5. The van der Waals surface area contributed by atoms with E-state index in [-0.39, 0.29) is 12.5 Å². The predicted molar refractivity (Wildman–Crippen MR) is 125 cm³/mol. The number of ether oxygens (including phenoxy) is 1. The average Bonchev–Trinajstić information content (AvgIpc) is 2.81. The third-order valence-electron chi connectivity index (χ3n) is 4.42. The second kappa shape index (κ2) is 10.0. The number of pyridine rings is 1. The maximum atomic E-state index is 12.1. The highest BCUT2D eigenvalue weighted by Gasteiger charge is 2.05. The van der Waals surface area contributed by atoms with Crippen molar-refractivity contribution in [2.45, 2.75) is 6.92 Å². The van der Waals surface area contributed by atoms with Crippen molar-refractivity contribution in [2.75, 3.05) is 22.6 Å². The van der Waals surface area contributed by atoms with Gasteiger partial charge < -0.3 is 20.7 Å². The van der Waals surface area contributed by atoms with Crippen LogP contribution in [0.5, 0.6) is 5.75 Å². The summed E-state index contributed by atoms with van der Waals surface area (Å²) in [4.78, 5) is 24.8. The highest BCUT2D eigenvalue weighted by Crippen LogP contribution is 2.20. The smallest absolute Gasteiger partial charge is 0.262 e. The second-order valence-electron chi connectivity index (χ2n) is 6.98. The van der Waals surface area contributed by atoms with Crippen molar-refractivity contribution >= 4 is 34.7 Å². The molecule has 4 aromatic rings. The molecular weight excluding hydrogens is 404 g/mol. The Balaban J connectivity index is 1.30. The van der Waals surface area contributed by atoms with E-state index in [4.69, 9.17) is 4.74 Å². The molecule has 0 saturated carbocycles. The van der Waals surface area contributed by atoms with E-state index in [2.05, 4.69) is 30.9 Å². The van der Waals surface area contributed by atoms with Gasteiger partial charge in [0.25, 0.3) is 5.91 Å². The standard InChI is InChI=1S/C24H22N6O2/c1-17-5-11-20(12-6-17)32-15-24(31)29-19-9-7-18(8-10-19)28-22-14-23(27-16-26-22)30-21-4-2-3-13-25-21/h2-14,16H,15H2,1H3,(H,29,31)(H2,25,26,27,28,30). The zero-order chi connectivity index (χ0) is 22.2. The minimum atomic E-state index is -0.229. The van der Waals surface area contributed by atoms with E-state index in [0.29, 0.717) is 28.9 Å². The number of carbonyl (C=O) groups excluding carboxylic acids is 1. The number of rotatable bonds is 8. The maximum absolute atomic E-state index is 12.1. The Labute approximate surface area is 185 Å². The van der Waals surface area contributed by atoms with Crippen LogP contribution in [0.3, 0.4) is 0 Å². The van der Waals surface area contributed by atoms with Gasteiger partial charge in [0.15, 0.2) is 6.61 Å². The molecule has 0 unspecified atom stereocenters. The van der Waals surface area contributed by atoms with Gasteiger partial charge in [0, 0.05) is 23.6 Å². The molecule has 0 fully saturated rings. The van der Waals surface area contributed by atoms with Crippen molar-refractivity contribution in [2.24, 2.45) is 0 Å². The molecule has 32 heavy (non-hydrogen) atoms. The molecule has 2 aromatic carbocycles. The summed E-state index contributed by atoms with van der Waals surface area (Å²) in [5.74, 6) is 2.38. The van der Waals surface area contributed by atoms with Gasteiger partial charge in [-0.25, -0.2) is 15.0 Å². The zero-order valence-electron chi connectivity index (χ0n) is 17.4. The topological polar surface area (TPSA) is 101 Å². The van der Waals surface area contributed by atoms with Crippen molar-refractivity contribution in [1.82, 2.24) is 15.0 Å². The molecule has 160 valence electrons. The highest BCUT2D eigenvalue weighted by molar-refractivity contribution is 5.92. The molecule has 0 spiro atoms. The van der Waals surface area contributed by atoms with Crippen LogP contribution in [0.4, 0.5) is 28.8 Å². The van der Waals surface area contributed by atoms with E-state index in [1.54, 1.807) is 24.4 Å². The fourth-order valence-electron chi connectivity index (χ4n) is 2.83. The largest absolute Gasteiger partial charge is 0.484 e. The molecule has 0 atom stereocenters. The monoisotopic (exact) mass is 426 g/mol. The maximum Gasteiger partial charge on any atom is 0.262 e. The van der Waals surface area contributed by atoms with E-state index in [0.717, 1.165) is 11.3 Å². The van der Waals surface area contributed by atoms with Crippen molar-refractivity contribution in [3.63, 3.8) is 0 Å². The van der Waals surface area contributed by atoms with Gasteiger partial charge in [0.1, 0.15) is 29.5 Å². The second-order valence-corrected chi connectivity index (χ2v) is 6.98. The van der Waals surface area contributed by atoms with Gasteiger partial charge in [-0.3, -0.25) is 4.79 Å². The molecule has 0 aliphatic carbocycles. The van der Waals surface area contributed by atoms with Crippen LogP contribution in [-0.2, 0) is 4.79 Å². The van der Waals surface area contributed by atoms with Gasteiger partial charge in [-0.1, -0.05) is 23.8 Å². The summed E-state index contributed by atoms with van der Waals surface area (Å²) in [5, 5.41) is 9.16. The number of aromatic nitrogens is 3. The first-order chi connectivity index (χ1) is 15.6. The van der Waals surface area contributed by atoms with E-state index < -0.39 is 0 Å². The third-order valence-corrected chi connectivity index (χ3v) is 4.42. The minimum Gasteiger partial charge on any atom is -0.484 e. The number of hydrogen-bond donors (Lipinski definition) is 3. The normalized spacial score (nSPS) is 10.3. The summed E-state index contributed by atoms with van der Waals surface area (Å²) in [7, 11) is 0. The number of carbonyl (C=O) groups is 1. The van der Waals surface area contributed by atoms with Gasteiger partial charge in [-0.05, 0) is 55.5 Å². The first kappa shape index (κ1) is 20.8. The Morgan fingerprint density at radius 2 is 1.53 bits per heavy atom. The molecule has 0 aliphatic rings. The molecular formula is C24H22N6O2. The molecule has 4 rings (SSSR count). The molecule has 2 aromatic heterocycles. The average molecular weight is 426 g/mol.